The second-order valence-electron chi connectivity index (χ2n) is 5.73. The first-order chi connectivity index (χ1) is 9.13. The number of tetrazole rings is 1. The first-order valence-electron chi connectivity index (χ1n) is 6.66. The standard InChI is InChI=1S/C12H17N5O2/c1-2-8-3-9-5-12(7-17(18)19,10(9)4-8)6-11-13-15-16-14-11/h4,9-10H,2-3,5-7H2,1H3,(H,13,14,15,16)/t9?,10?,12-/m1/s1. The predicted molar refractivity (Wildman–Crippen MR) is 66.8 cm³/mol. The van der Waals surface area contributed by atoms with Crippen molar-refractivity contribution in [2.24, 2.45) is 17.3 Å². The van der Waals surface area contributed by atoms with E-state index in [0.29, 0.717) is 24.1 Å². The lowest BCUT2D eigenvalue weighted by Crippen LogP contribution is -2.51. The van der Waals surface area contributed by atoms with Crippen LogP contribution in [0.5, 0.6) is 0 Å². The van der Waals surface area contributed by atoms with Crippen LogP contribution in [0.4, 0.5) is 0 Å². The monoisotopic (exact) mass is 263 g/mol. The van der Waals surface area contributed by atoms with Gasteiger partial charge in [0.1, 0.15) is 0 Å². The molecule has 2 unspecified atom stereocenters. The van der Waals surface area contributed by atoms with Gasteiger partial charge in [0.25, 0.3) is 0 Å². The Morgan fingerprint density at radius 1 is 1.63 bits per heavy atom. The Morgan fingerprint density at radius 3 is 3.11 bits per heavy atom. The lowest BCUT2D eigenvalue weighted by molar-refractivity contribution is -0.506. The van der Waals surface area contributed by atoms with Crippen LogP contribution < -0.4 is 0 Å². The summed E-state index contributed by atoms with van der Waals surface area (Å²) >= 11 is 0. The molecular weight excluding hydrogens is 246 g/mol. The van der Waals surface area contributed by atoms with Crippen molar-refractivity contribution in [3.63, 3.8) is 0 Å². The average Bonchev–Trinajstić information content (AvgIpc) is 2.95. The summed E-state index contributed by atoms with van der Waals surface area (Å²) in [6.07, 6.45) is 5.85. The smallest absolute Gasteiger partial charge is 0.210 e. The number of aromatic amines is 1. The van der Waals surface area contributed by atoms with E-state index in [1.807, 2.05) is 0 Å². The molecule has 0 aliphatic heterocycles. The number of allylic oxidation sites excluding steroid dienone is 2. The van der Waals surface area contributed by atoms with Crippen molar-refractivity contribution >= 4 is 0 Å². The van der Waals surface area contributed by atoms with Gasteiger partial charge in [-0.3, -0.25) is 10.1 Å². The molecule has 2 aliphatic rings. The van der Waals surface area contributed by atoms with E-state index in [0.717, 1.165) is 19.3 Å². The highest BCUT2D eigenvalue weighted by molar-refractivity contribution is 5.24. The maximum Gasteiger partial charge on any atom is 0.210 e. The predicted octanol–water partition coefficient (Wildman–Crippen LogP) is 1.38. The van der Waals surface area contributed by atoms with Gasteiger partial charge in [-0.05, 0) is 31.1 Å². The van der Waals surface area contributed by atoms with Gasteiger partial charge in [0.15, 0.2) is 5.82 Å². The Morgan fingerprint density at radius 2 is 2.47 bits per heavy atom. The van der Waals surface area contributed by atoms with Gasteiger partial charge in [-0.15, -0.1) is 10.2 Å². The molecule has 1 fully saturated rings. The summed E-state index contributed by atoms with van der Waals surface area (Å²) in [6, 6.07) is 0. The average molecular weight is 263 g/mol. The topological polar surface area (TPSA) is 97.6 Å². The van der Waals surface area contributed by atoms with Crippen LogP contribution in [0.2, 0.25) is 0 Å². The molecule has 1 saturated carbocycles. The maximum absolute atomic E-state index is 11.0. The molecule has 3 atom stereocenters. The van der Waals surface area contributed by atoms with Crippen LogP contribution in [0.15, 0.2) is 11.6 Å². The molecule has 0 bridgehead atoms. The molecule has 0 radical (unpaired) electrons. The summed E-state index contributed by atoms with van der Waals surface area (Å²) in [5.41, 5.74) is 1.13. The van der Waals surface area contributed by atoms with Crippen molar-refractivity contribution < 1.29 is 4.92 Å². The third-order valence-corrected chi connectivity index (χ3v) is 4.62. The molecule has 0 aromatic carbocycles. The highest BCUT2D eigenvalue weighted by atomic mass is 16.6. The zero-order valence-corrected chi connectivity index (χ0v) is 10.9. The Labute approximate surface area is 110 Å². The molecule has 0 spiro atoms. The van der Waals surface area contributed by atoms with Gasteiger partial charge in [-0.2, -0.15) is 5.21 Å². The van der Waals surface area contributed by atoms with Gasteiger partial charge in [0, 0.05) is 16.8 Å². The van der Waals surface area contributed by atoms with Crippen molar-refractivity contribution in [1.29, 1.82) is 0 Å². The third kappa shape index (κ3) is 2.02. The molecule has 3 rings (SSSR count). The Bertz CT molecular complexity index is 512. The van der Waals surface area contributed by atoms with E-state index >= 15 is 0 Å². The number of hydrogen-bond donors (Lipinski definition) is 1. The molecule has 7 nitrogen and oxygen atoms in total. The van der Waals surface area contributed by atoms with Crippen molar-refractivity contribution in [3.05, 3.63) is 27.6 Å². The van der Waals surface area contributed by atoms with E-state index in [9.17, 15) is 10.1 Å². The summed E-state index contributed by atoms with van der Waals surface area (Å²) in [5, 5.41) is 24.9. The molecule has 7 heteroatoms. The normalized spacial score (nSPS) is 32.6. The van der Waals surface area contributed by atoms with Gasteiger partial charge in [-0.1, -0.05) is 23.8 Å². The molecule has 1 heterocycles. The number of hydrogen-bond acceptors (Lipinski definition) is 5. The summed E-state index contributed by atoms with van der Waals surface area (Å²) in [7, 11) is 0. The van der Waals surface area contributed by atoms with Crippen molar-refractivity contribution in [2.75, 3.05) is 6.54 Å². The van der Waals surface area contributed by atoms with Crippen LogP contribution in [0, 0.1) is 27.4 Å². The Balaban J connectivity index is 1.83. The van der Waals surface area contributed by atoms with E-state index in [1.165, 1.54) is 5.57 Å². The minimum Gasteiger partial charge on any atom is -0.265 e. The van der Waals surface area contributed by atoms with E-state index < -0.39 is 0 Å². The lowest BCUT2D eigenvalue weighted by atomic mass is 9.53. The van der Waals surface area contributed by atoms with Gasteiger partial charge in [0.05, 0.1) is 0 Å². The highest BCUT2D eigenvalue weighted by Gasteiger charge is 2.58. The fraction of sp³-hybridized carbons (Fsp3) is 0.750. The fourth-order valence-corrected chi connectivity index (χ4v) is 3.80. The van der Waals surface area contributed by atoms with Crippen molar-refractivity contribution in [1.82, 2.24) is 20.6 Å². The molecule has 0 saturated heterocycles. The molecule has 1 aromatic rings. The maximum atomic E-state index is 11.0. The quantitative estimate of drug-likeness (QED) is 0.491. The van der Waals surface area contributed by atoms with E-state index in [4.69, 9.17) is 0 Å². The largest absolute Gasteiger partial charge is 0.265 e. The number of H-pyrrole nitrogens is 1. The van der Waals surface area contributed by atoms with E-state index in [1.54, 1.807) is 0 Å². The van der Waals surface area contributed by atoms with Crippen LogP contribution >= 0.6 is 0 Å². The molecule has 0 amide bonds. The zero-order chi connectivity index (χ0) is 13.5. The summed E-state index contributed by atoms with van der Waals surface area (Å²) in [5.74, 6) is 1.48. The van der Waals surface area contributed by atoms with E-state index in [-0.39, 0.29) is 16.9 Å². The fourth-order valence-electron chi connectivity index (χ4n) is 3.80. The van der Waals surface area contributed by atoms with Gasteiger partial charge in [0.2, 0.25) is 6.54 Å². The van der Waals surface area contributed by atoms with Crippen LogP contribution in [0.1, 0.15) is 32.0 Å². The Kier molecular flexibility index (Phi) is 2.83. The second kappa shape index (κ2) is 4.40. The van der Waals surface area contributed by atoms with Crippen LogP contribution in [-0.2, 0) is 6.42 Å². The molecule has 1 aromatic heterocycles. The van der Waals surface area contributed by atoms with Crippen molar-refractivity contribution in [3.8, 4) is 0 Å². The molecular formula is C12H17N5O2. The molecule has 2 aliphatic carbocycles. The van der Waals surface area contributed by atoms with Gasteiger partial charge < -0.3 is 0 Å². The zero-order valence-electron chi connectivity index (χ0n) is 10.9. The number of nitro groups is 1. The molecule has 1 N–H and O–H groups in total. The number of nitrogens with one attached hydrogen (secondary N) is 1. The second-order valence-corrected chi connectivity index (χ2v) is 5.73. The van der Waals surface area contributed by atoms with Gasteiger partial charge >= 0.3 is 0 Å². The van der Waals surface area contributed by atoms with Gasteiger partial charge in [-0.25, -0.2) is 0 Å². The lowest BCUT2D eigenvalue weighted by Gasteiger charge is -2.49. The SMILES string of the molecule is CCC1=CC2C(C1)C[C@@]2(Cc1nn[nH]n1)C[N+](=O)[O-]. The number of aromatic nitrogens is 4. The first-order valence-corrected chi connectivity index (χ1v) is 6.66. The number of rotatable bonds is 5. The van der Waals surface area contributed by atoms with Crippen LogP contribution in [-0.4, -0.2) is 32.1 Å². The minimum absolute atomic E-state index is 0.00377. The Hall–Kier alpha value is -1.79. The third-order valence-electron chi connectivity index (χ3n) is 4.62. The number of fused-ring (bicyclic) bond motifs is 1. The molecule has 19 heavy (non-hydrogen) atoms. The molecule has 102 valence electrons. The van der Waals surface area contributed by atoms with Crippen LogP contribution in [0.25, 0.3) is 0 Å². The van der Waals surface area contributed by atoms with Crippen molar-refractivity contribution in [2.45, 2.75) is 32.6 Å². The first kappa shape index (κ1) is 12.3. The number of nitrogens with zero attached hydrogens (tertiary/aromatic N) is 4. The summed E-state index contributed by atoms with van der Waals surface area (Å²) < 4.78 is 0. The summed E-state index contributed by atoms with van der Waals surface area (Å²) in [6.45, 7) is 2.14. The minimum atomic E-state index is -0.311. The van der Waals surface area contributed by atoms with Crippen LogP contribution in [0.3, 0.4) is 0 Å². The highest BCUT2D eigenvalue weighted by Crippen LogP contribution is 2.59. The summed E-state index contributed by atoms with van der Waals surface area (Å²) in [4.78, 5) is 10.8. The van der Waals surface area contributed by atoms with E-state index in [2.05, 4.69) is 33.6 Å².